The zero-order valence-corrected chi connectivity index (χ0v) is 18.9. The van der Waals surface area contributed by atoms with Gasteiger partial charge in [-0.3, -0.25) is 4.79 Å². The Labute approximate surface area is 182 Å². The number of ether oxygens (including phenoxy) is 1. The fourth-order valence-electron chi connectivity index (χ4n) is 2.81. The number of fused-ring (bicyclic) bond motifs is 1. The van der Waals surface area contributed by atoms with Gasteiger partial charge in [-0.25, -0.2) is 18.1 Å². The number of hydrogen-bond acceptors (Lipinski definition) is 6. The molecule has 0 unspecified atom stereocenters. The molecular formula is C22H27N3O5S. The highest BCUT2D eigenvalue weighted by molar-refractivity contribution is 7.89. The second-order valence-electron chi connectivity index (χ2n) is 8.05. The lowest BCUT2D eigenvalue weighted by Gasteiger charge is -2.11. The zero-order valence-electron chi connectivity index (χ0n) is 18.1. The van der Waals surface area contributed by atoms with E-state index in [4.69, 9.17) is 9.15 Å². The normalized spacial score (nSPS) is 12.1. The molecule has 8 nitrogen and oxygen atoms in total. The molecule has 166 valence electrons. The Morgan fingerprint density at radius 1 is 1.13 bits per heavy atom. The van der Waals surface area contributed by atoms with Gasteiger partial charge in [-0.1, -0.05) is 20.8 Å². The smallest absolute Gasteiger partial charge is 0.240 e. The minimum absolute atomic E-state index is 0.0135. The molecule has 2 aromatic carbocycles. The van der Waals surface area contributed by atoms with Gasteiger partial charge >= 0.3 is 0 Å². The predicted octanol–water partition coefficient (Wildman–Crippen LogP) is 3.83. The highest BCUT2D eigenvalue weighted by atomic mass is 32.2. The molecule has 2 N–H and O–H groups in total. The van der Waals surface area contributed by atoms with E-state index in [1.54, 1.807) is 30.3 Å². The van der Waals surface area contributed by atoms with Crippen LogP contribution in [0.3, 0.4) is 0 Å². The fourth-order valence-corrected chi connectivity index (χ4v) is 3.85. The number of carbonyl (C=O) groups excluding carboxylic acids is 1. The van der Waals surface area contributed by atoms with Crippen molar-refractivity contribution in [3.63, 3.8) is 0 Å². The first-order chi connectivity index (χ1) is 14.6. The van der Waals surface area contributed by atoms with Crippen LogP contribution in [0.4, 0.5) is 5.69 Å². The standard InChI is InChI=1S/C22H27N3O5S/c1-5-29-16-7-9-17(10-8-16)31(27,28)23-13-12-20(26)24-15-6-11-19-18(14-15)25-21(30-19)22(2,3)4/h6-11,14,23H,5,12-13H2,1-4H3,(H,24,26). The molecule has 0 aliphatic carbocycles. The van der Waals surface area contributed by atoms with Crippen molar-refractivity contribution >= 4 is 32.7 Å². The Balaban J connectivity index is 1.56. The zero-order chi connectivity index (χ0) is 22.6. The van der Waals surface area contributed by atoms with Gasteiger partial charge in [0.05, 0.1) is 11.5 Å². The number of nitrogens with one attached hydrogen (secondary N) is 2. The number of oxazole rings is 1. The summed E-state index contributed by atoms with van der Waals surface area (Å²) >= 11 is 0. The fraction of sp³-hybridized carbons (Fsp3) is 0.364. The highest BCUT2D eigenvalue weighted by Crippen LogP contribution is 2.27. The first-order valence-electron chi connectivity index (χ1n) is 10.0. The number of hydrogen-bond donors (Lipinski definition) is 2. The molecule has 0 atom stereocenters. The number of anilines is 1. The molecule has 31 heavy (non-hydrogen) atoms. The number of nitrogens with zero attached hydrogens (tertiary/aromatic N) is 1. The molecule has 0 spiro atoms. The molecule has 0 aliphatic rings. The maximum absolute atomic E-state index is 12.4. The monoisotopic (exact) mass is 445 g/mol. The van der Waals surface area contributed by atoms with Crippen molar-refractivity contribution in [2.45, 2.75) is 44.4 Å². The summed E-state index contributed by atoms with van der Waals surface area (Å²) in [5, 5.41) is 2.76. The van der Waals surface area contributed by atoms with E-state index in [0.29, 0.717) is 35.0 Å². The summed E-state index contributed by atoms with van der Waals surface area (Å²) in [7, 11) is -3.71. The van der Waals surface area contributed by atoms with Crippen molar-refractivity contribution in [1.29, 1.82) is 0 Å². The van der Waals surface area contributed by atoms with Crippen molar-refractivity contribution in [2.75, 3.05) is 18.5 Å². The van der Waals surface area contributed by atoms with E-state index in [1.807, 2.05) is 27.7 Å². The van der Waals surface area contributed by atoms with E-state index in [0.717, 1.165) is 0 Å². The largest absolute Gasteiger partial charge is 0.494 e. The van der Waals surface area contributed by atoms with Crippen LogP contribution < -0.4 is 14.8 Å². The second kappa shape index (κ2) is 9.07. The Morgan fingerprint density at radius 3 is 2.48 bits per heavy atom. The third-order valence-electron chi connectivity index (χ3n) is 4.40. The lowest BCUT2D eigenvalue weighted by molar-refractivity contribution is -0.116. The Kier molecular flexibility index (Phi) is 6.66. The minimum atomic E-state index is -3.71. The van der Waals surface area contributed by atoms with E-state index in [2.05, 4.69) is 15.0 Å². The van der Waals surface area contributed by atoms with Crippen LogP contribution in [0.15, 0.2) is 51.8 Å². The Bertz CT molecular complexity index is 1160. The van der Waals surface area contributed by atoms with Crippen molar-refractivity contribution in [3.05, 3.63) is 48.4 Å². The molecule has 1 amide bonds. The lowest BCUT2D eigenvalue weighted by atomic mass is 9.97. The first kappa shape index (κ1) is 22.8. The van der Waals surface area contributed by atoms with Gasteiger partial charge in [0.2, 0.25) is 21.8 Å². The van der Waals surface area contributed by atoms with Crippen LogP contribution in [0.5, 0.6) is 5.75 Å². The summed E-state index contributed by atoms with van der Waals surface area (Å²) in [6.45, 7) is 8.35. The minimum Gasteiger partial charge on any atom is -0.494 e. The van der Waals surface area contributed by atoms with Gasteiger partial charge < -0.3 is 14.5 Å². The maximum Gasteiger partial charge on any atom is 0.240 e. The van der Waals surface area contributed by atoms with Gasteiger partial charge in [0, 0.05) is 24.1 Å². The van der Waals surface area contributed by atoms with Gasteiger partial charge in [-0.05, 0) is 49.4 Å². The van der Waals surface area contributed by atoms with Crippen LogP contribution in [0.1, 0.15) is 40.0 Å². The van der Waals surface area contributed by atoms with Gasteiger partial charge in [-0.2, -0.15) is 0 Å². The maximum atomic E-state index is 12.4. The second-order valence-corrected chi connectivity index (χ2v) is 9.82. The average molecular weight is 446 g/mol. The number of carbonyl (C=O) groups is 1. The lowest BCUT2D eigenvalue weighted by Crippen LogP contribution is -2.27. The summed E-state index contributed by atoms with van der Waals surface area (Å²) in [4.78, 5) is 16.8. The molecule has 0 saturated heterocycles. The third-order valence-corrected chi connectivity index (χ3v) is 5.88. The third kappa shape index (κ3) is 5.83. The molecule has 1 heterocycles. The number of aromatic nitrogens is 1. The molecule has 0 bridgehead atoms. The van der Waals surface area contributed by atoms with E-state index in [-0.39, 0.29) is 29.2 Å². The molecule has 1 aromatic heterocycles. The van der Waals surface area contributed by atoms with Crippen LogP contribution in [-0.2, 0) is 20.2 Å². The molecule has 3 rings (SSSR count). The molecule has 3 aromatic rings. The SMILES string of the molecule is CCOc1ccc(S(=O)(=O)NCCC(=O)Nc2ccc3oc(C(C)(C)C)nc3c2)cc1. The van der Waals surface area contributed by atoms with Crippen LogP contribution in [-0.4, -0.2) is 32.5 Å². The van der Waals surface area contributed by atoms with Gasteiger partial charge in [0.15, 0.2) is 5.58 Å². The molecule has 0 aliphatic heterocycles. The summed E-state index contributed by atoms with van der Waals surface area (Å²) < 4.78 is 38.2. The predicted molar refractivity (Wildman–Crippen MR) is 119 cm³/mol. The van der Waals surface area contributed by atoms with E-state index < -0.39 is 10.0 Å². The van der Waals surface area contributed by atoms with Crippen LogP contribution in [0.25, 0.3) is 11.1 Å². The summed E-state index contributed by atoms with van der Waals surface area (Å²) in [5.41, 5.74) is 1.65. The molecule has 0 fully saturated rings. The summed E-state index contributed by atoms with van der Waals surface area (Å²) in [5.74, 6) is 0.905. The Hall–Kier alpha value is -2.91. The van der Waals surface area contributed by atoms with Crippen molar-refractivity contribution in [3.8, 4) is 5.75 Å². The topological polar surface area (TPSA) is 111 Å². The van der Waals surface area contributed by atoms with Crippen LogP contribution >= 0.6 is 0 Å². The van der Waals surface area contributed by atoms with E-state index in [1.165, 1.54) is 12.1 Å². The number of rotatable bonds is 8. The van der Waals surface area contributed by atoms with Crippen molar-refractivity contribution in [1.82, 2.24) is 9.71 Å². The molecule has 9 heteroatoms. The number of sulfonamides is 1. The van der Waals surface area contributed by atoms with Gasteiger partial charge in [-0.15, -0.1) is 0 Å². The van der Waals surface area contributed by atoms with E-state index >= 15 is 0 Å². The highest BCUT2D eigenvalue weighted by Gasteiger charge is 2.21. The van der Waals surface area contributed by atoms with Gasteiger partial charge in [0.25, 0.3) is 0 Å². The quantitative estimate of drug-likeness (QED) is 0.545. The molecular weight excluding hydrogens is 418 g/mol. The van der Waals surface area contributed by atoms with Gasteiger partial charge in [0.1, 0.15) is 11.3 Å². The summed E-state index contributed by atoms with van der Waals surface area (Å²) in [6, 6.07) is 11.3. The summed E-state index contributed by atoms with van der Waals surface area (Å²) in [6.07, 6.45) is -0.0135. The first-order valence-corrected chi connectivity index (χ1v) is 11.5. The van der Waals surface area contributed by atoms with Crippen molar-refractivity contribution in [2.24, 2.45) is 0 Å². The molecule has 0 radical (unpaired) electrons. The van der Waals surface area contributed by atoms with Crippen LogP contribution in [0, 0.1) is 0 Å². The molecule has 0 saturated carbocycles. The van der Waals surface area contributed by atoms with Crippen LogP contribution in [0.2, 0.25) is 0 Å². The van der Waals surface area contributed by atoms with Crippen molar-refractivity contribution < 1.29 is 22.4 Å². The number of amides is 1. The van der Waals surface area contributed by atoms with E-state index in [9.17, 15) is 13.2 Å². The number of benzene rings is 2. The Morgan fingerprint density at radius 2 is 1.84 bits per heavy atom. The average Bonchev–Trinajstić information content (AvgIpc) is 3.12.